The van der Waals surface area contributed by atoms with Gasteiger partial charge in [0.2, 0.25) is 0 Å². The zero-order chi connectivity index (χ0) is 23.7. The van der Waals surface area contributed by atoms with E-state index in [1.807, 2.05) is 35.9 Å². The molecule has 1 amide bonds. The normalized spacial score (nSPS) is 15.7. The maximum Gasteiger partial charge on any atom is 0.274 e. The van der Waals surface area contributed by atoms with Crippen LogP contribution >= 0.6 is 0 Å². The van der Waals surface area contributed by atoms with Gasteiger partial charge in [0.1, 0.15) is 23.8 Å². The largest absolute Gasteiger partial charge is 0.356 e. The van der Waals surface area contributed by atoms with Crippen molar-refractivity contribution in [1.82, 2.24) is 24.7 Å². The number of carbonyl (C=O) groups is 1. The molecule has 0 aliphatic carbocycles. The van der Waals surface area contributed by atoms with Crippen LogP contribution < -0.4 is 5.32 Å². The molecule has 0 saturated carbocycles. The number of hydrogen-bond acceptors (Lipinski definition) is 7. The Hall–Kier alpha value is -4.16. The van der Waals surface area contributed by atoms with Gasteiger partial charge in [-0.15, -0.1) is 0 Å². The monoisotopic (exact) mass is 453 g/mol. The fraction of sp³-hybridized carbons (Fsp3) is 0.280. The third kappa shape index (κ3) is 3.89. The fourth-order valence-corrected chi connectivity index (χ4v) is 4.21. The van der Waals surface area contributed by atoms with Gasteiger partial charge in [0.25, 0.3) is 5.91 Å². The number of benzene rings is 1. The number of carbonyl (C=O) groups excluding carboxylic acids is 1. The van der Waals surface area contributed by atoms with Crippen molar-refractivity contribution in [1.29, 1.82) is 5.26 Å². The highest BCUT2D eigenvalue weighted by Gasteiger charge is 2.23. The van der Waals surface area contributed by atoms with E-state index in [0.29, 0.717) is 40.5 Å². The Morgan fingerprint density at radius 1 is 1.21 bits per heavy atom. The standard InChI is InChI=1S/C25H23N7O2/c1-15-16(2)23(28-13-17(15)12-26)25(33)30-18-6-7-21-19(11-18)24(20-8-9-27-14-29-20)31-32(21)22-5-3-4-10-34-22/h6-9,11,13-14,22H,3-5,10H2,1-2H3,(H,30,33). The number of rotatable bonds is 4. The first-order chi connectivity index (χ1) is 16.6. The van der Waals surface area contributed by atoms with Crippen molar-refractivity contribution in [3.63, 3.8) is 0 Å². The van der Waals surface area contributed by atoms with Crippen molar-refractivity contribution in [2.75, 3.05) is 11.9 Å². The number of pyridine rings is 1. The Bertz CT molecular complexity index is 1420. The van der Waals surface area contributed by atoms with Crippen molar-refractivity contribution in [3.8, 4) is 17.5 Å². The van der Waals surface area contributed by atoms with Crippen LogP contribution in [0.4, 0.5) is 5.69 Å². The first-order valence-corrected chi connectivity index (χ1v) is 11.1. The number of amides is 1. The summed E-state index contributed by atoms with van der Waals surface area (Å²) in [5.41, 5.74) is 5.09. The van der Waals surface area contributed by atoms with E-state index in [4.69, 9.17) is 9.84 Å². The lowest BCUT2D eigenvalue weighted by atomic mass is 10.0. The van der Waals surface area contributed by atoms with E-state index in [0.717, 1.165) is 35.7 Å². The maximum absolute atomic E-state index is 13.0. The summed E-state index contributed by atoms with van der Waals surface area (Å²) in [5.74, 6) is -0.337. The molecule has 9 nitrogen and oxygen atoms in total. The highest BCUT2D eigenvalue weighted by atomic mass is 16.5. The SMILES string of the molecule is Cc1c(C#N)cnc(C(=O)Nc2ccc3c(c2)c(-c2ccncn2)nn3C2CCCCO2)c1C. The zero-order valence-corrected chi connectivity index (χ0v) is 18.9. The number of hydrogen-bond donors (Lipinski definition) is 1. The van der Waals surface area contributed by atoms with Gasteiger partial charge in [-0.25, -0.2) is 19.6 Å². The second-order valence-electron chi connectivity index (χ2n) is 8.28. The quantitative estimate of drug-likeness (QED) is 0.488. The average Bonchev–Trinajstić information content (AvgIpc) is 3.25. The van der Waals surface area contributed by atoms with E-state index in [1.165, 1.54) is 12.5 Å². The van der Waals surface area contributed by atoms with Crippen molar-refractivity contribution in [2.45, 2.75) is 39.3 Å². The number of anilines is 1. The van der Waals surface area contributed by atoms with Crippen LogP contribution in [0.1, 0.15) is 52.7 Å². The predicted molar refractivity (Wildman–Crippen MR) is 126 cm³/mol. The van der Waals surface area contributed by atoms with E-state index < -0.39 is 0 Å². The van der Waals surface area contributed by atoms with E-state index in [2.05, 4.69) is 26.3 Å². The van der Waals surface area contributed by atoms with Crippen LogP contribution in [0.25, 0.3) is 22.3 Å². The second kappa shape index (κ2) is 9.00. The molecule has 9 heteroatoms. The lowest BCUT2D eigenvalue weighted by Crippen LogP contribution is -2.19. The van der Waals surface area contributed by atoms with E-state index in [9.17, 15) is 10.1 Å². The molecule has 1 unspecified atom stereocenters. The van der Waals surface area contributed by atoms with E-state index >= 15 is 0 Å². The summed E-state index contributed by atoms with van der Waals surface area (Å²) in [7, 11) is 0. The van der Waals surface area contributed by atoms with Crippen molar-refractivity contribution >= 4 is 22.5 Å². The Morgan fingerprint density at radius 2 is 2.09 bits per heavy atom. The smallest absolute Gasteiger partial charge is 0.274 e. The van der Waals surface area contributed by atoms with Crippen LogP contribution in [0.3, 0.4) is 0 Å². The molecule has 1 aromatic carbocycles. The van der Waals surface area contributed by atoms with Crippen molar-refractivity contribution in [2.24, 2.45) is 0 Å². The number of aromatic nitrogens is 5. The van der Waals surface area contributed by atoms with Crippen molar-refractivity contribution < 1.29 is 9.53 Å². The summed E-state index contributed by atoms with van der Waals surface area (Å²) < 4.78 is 7.89. The number of nitrogens with zero attached hydrogens (tertiary/aromatic N) is 6. The Balaban J connectivity index is 1.54. The molecule has 1 saturated heterocycles. The number of nitrogens with one attached hydrogen (secondary N) is 1. The van der Waals surface area contributed by atoms with Crippen LogP contribution in [-0.4, -0.2) is 37.2 Å². The molecule has 4 aromatic rings. The topological polar surface area (TPSA) is 119 Å². The van der Waals surface area contributed by atoms with Gasteiger partial charge in [-0.2, -0.15) is 10.4 Å². The number of nitriles is 1. The molecule has 5 rings (SSSR count). The highest BCUT2D eigenvalue weighted by Crippen LogP contribution is 2.33. The summed E-state index contributed by atoms with van der Waals surface area (Å²) in [4.78, 5) is 25.6. The summed E-state index contributed by atoms with van der Waals surface area (Å²) >= 11 is 0. The molecule has 0 radical (unpaired) electrons. The molecule has 4 heterocycles. The van der Waals surface area contributed by atoms with E-state index in [-0.39, 0.29) is 12.1 Å². The van der Waals surface area contributed by atoms with Crippen molar-refractivity contribution in [3.05, 3.63) is 65.4 Å². The minimum atomic E-state index is -0.337. The van der Waals surface area contributed by atoms with Gasteiger partial charge in [0.15, 0.2) is 6.23 Å². The second-order valence-corrected chi connectivity index (χ2v) is 8.28. The minimum Gasteiger partial charge on any atom is -0.356 e. The van der Waals surface area contributed by atoms with Gasteiger partial charge in [-0.1, -0.05) is 0 Å². The lowest BCUT2D eigenvalue weighted by molar-refractivity contribution is -0.0365. The summed E-state index contributed by atoms with van der Waals surface area (Å²) in [6.07, 6.45) is 7.48. The third-order valence-electron chi connectivity index (χ3n) is 6.20. The fourth-order valence-electron chi connectivity index (χ4n) is 4.21. The summed E-state index contributed by atoms with van der Waals surface area (Å²) in [6.45, 7) is 4.32. The molecule has 1 N–H and O–H groups in total. The van der Waals surface area contributed by atoms with Gasteiger partial charge in [-0.05, 0) is 68.5 Å². The molecule has 34 heavy (non-hydrogen) atoms. The van der Waals surface area contributed by atoms with Gasteiger partial charge >= 0.3 is 0 Å². The zero-order valence-electron chi connectivity index (χ0n) is 18.9. The van der Waals surface area contributed by atoms with Crippen LogP contribution in [0.15, 0.2) is 43.0 Å². The minimum absolute atomic E-state index is 0.138. The number of ether oxygens (including phenoxy) is 1. The number of fused-ring (bicyclic) bond motifs is 1. The first kappa shape index (κ1) is 21.7. The van der Waals surface area contributed by atoms with Gasteiger partial charge in [-0.3, -0.25) is 4.79 Å². The average molecular weight is 454 g/mol. The Kier molecular flexibility index (Phi) is 5.74. The lowest BCUT2D eigenvalue weighted by Gasteiger charge is -2.23. The Labute approximate surface area is 196 Å². The summed E-state index contributed by atoms with van der Waals surface area (Å²) in [5, 5.41) is 17.9. The van der Waals surface area contributed by atoms with Gasteiger partial charge < -0.3 is 10.1 Å². The van der Waals surface area contributed by atoms with Gasteiger partial charge in [0.05, 0.1) is 16.8 Å². The van der Waals surface area contributed by atoms with E-state index in [1.54, 1.807) is 13.1 Å². The molecular weight excluding hydrogens is 430 g/mol. The third-order valence-corrected chi connectivity index (χ3v) is 6.20. The van der Waals surface area contributed by atoms with Gasteiger partial charge in [0, 0.05) is 30.1 Å². The molecular formula is C25H23N7O2. The van der Waals surface area contributed by atoms with Crippen LogP contribution in [0, 0.1) is 25.2 Å². The molecule has 1 aliphatic rings. The van der Waals surface area contributed by atoms with Crippen LogP contribution in [0.5, 0.6) is 0 Å². The Morgan fingerprint density at radius 3 is 2.82 bits per heavy atom. The van der Waals surface area contributed by atoms with Crippen LogP contribution in [0.2, 0.25) is 0 Å². The molecule has 0 spiro atoms. The van der Waals surface area contributed by atoms with Crippen LogP contribution in [-0.2, 0) is 4.74 Å². The highest BCUT2D eigenvalue weighted by molar-refractivity contribution is 6.05. The molecule has 1 fully saturated rings. The first-order valence-electron chi connectivity index (χ1n) is 11.1. The molecule has 3 aromatic heterocycles. The molecule has 170 valence electrons. The predicted octanol–water partition coefficient (Wildman–Crippen LogP) is 4.33. The molecule has 1 atom stereocenters. The molecule has 1 aliphatic heterocycles. The molecule has 0 bridgehead atoms. The summed E-state index contributed by atoms with van der Waals surface area (Å²) in [6, 6.07) is 9.58. The maximum atomic E-state index is 13.0.